The number of aromatic amines is 1. The topological polar surface area (TPSA) is 59.6 Å². The van der Waals surface area contributed by atoms with Crippen LogP contribution in [0.15, 0.2) is 24.5 Å². The van der Waals surface area contributed by atoms with E-state index in [1.807, 2.05) is 37.1 Å². The first kappa shape index (κ1) is 17.5. The van der Waals surface area contributed by atoms with Crippen LogP contribution < -0.4 is 0 Å². The number of aliphatic hydroxyl groups is 1. The van der Waals surface area contributed by atoms with Crippen LogP contribution in [0.2, 0.25) is 4.34 Å². The minimum absolute atomic E-state index is 0.0404. The second-order valence-electron chi connectivity index (χ2n) is 6.77. The molecular formula is C17H22ClN3O2S. The number of rotatable bonds is 4. The van der Waals surface area contributed by atoms with Crippen LogP contribution in [-0.2, 0) is 0 Å². The molecule has 1 aliphatic heterocycles. The molecule has 2 aromatic rings. The Hall–Kier alpha value is -1.34. The first-order valence-corrected chi connectivity index (χ1v) is 9.19. The summed E-state index contributed by atoms with van der Waals surface area (Å²) in [6.07, 6.45) is 3.61. The van der Waals surface area contributed by atoms with Crippen LogP contribution in [0.4, 0.5) is 0 Å². The third-order valence-corrected chi connectivity index (χ3v) is 5.35. The molecule has 1 aliphatic rings. The molecule has 0 radical (unpaired) electrons. The van der Waals surface area contributed by atoms with Crippen molar-refractivity contribution < 1.29 is 9.90 Å². The summed E-state index contributed by atoms with van der Waals surface area (Å²) in [5, 5.41) is 9.92. The zero-order valence-electron chi connectivity index (χ0n) is 13.9. The van der Waals surface area contributed by atoms with Crippen LogP contribution in [0.1, 0.15) is 24.2 Å². The molecule has 0 unspecified atom stereocenters. The molecular weight excluding hydrogens is 346 g/mol. The Bertz CT molecular complexity index is 711. The Labute approximate surface area is 150 Å². The van der Waals surface area contributed by atoms with Crippen LogP contribution in [0.3, 0.4) is 0 Å². The summed E-state index contributed by atoms with van der Waals surface area (Å²) in [5.41, 5.74) is 0.874. The molecule has 1 fully saturated rings. The van der Waals surface area contributed by atoms with Gasteiger partial charge in [-0.05, 0) is 26.0 Å². The smallest absolute Gasteiger partial charge is 0.256 e. The molecule has 0 aromatic carbocycles. The fourth-order valence-corrected chi connectivity index (χ4v) is 4.10. The maximum Gasteiger partial charge on any atom is 0.256 e. The number of carbonyl (C=O) groups excluding carboxylic acids is 1. The monoisotopic (exact) mass is 367 g/mol. The standard InChI is InChI=1S/C17H22ClN3O2S/c1-17(2,23)11-20-5-7-21(8-6-20)16(22)13-10-19-9-12(13)14-3-4-15(18)24-14/h3-4,9-10,19,23H,5-8,11H2,1-2H3. The number of aromatic nitrogens is 1. The van der Waals surface area contributed by atoms with E-state index in [0.29, 0.717) is 29.5 Å². The SMILES string of the molecule is CC(C)(O)CN1CCN(C(=O)c2c[nH]cc2-c2ccc(Cl)s2)CC1. The highest BCUT2D eigenvalue weighted by atomic mass is 35.5. The minimum atomic E-state index is -0.710. The van der Waals surface area contributed by atoms with E-state index >= 15 is 0 Å². The van der Waals surface area contributed by atoms with Crippen LogP contribution in [0.5, 0.6) is 0 Å². The number of thiophene rings is 1. The number of hydrogen-bond acceptors (Lipinski definition) is 4. The largest absolute Gasteiger partial charge is 0.389 e. The van der Waals surface area contributed by atoms with Crippen molar-refractivity contribution in [3.8, 4) is 10.4 Å². The van der Waals surface area contributed by atoms with Crippen molar-refractivity contribution >= 4 is 28.8 Å². The Kier molecular flexibility index (Phi) is 5.01. The molecule has 3 rings (SSSR count). The summed E-state index contributed by atoms with van der Waals surface area (Å²) < 4.78 is 0.713. The second kappa shape index (κ2) is 6.88. The molecule has 0 bridgehead atoms. The zero-order chi connectivity index (χ0) is 17.3. The van der Waals surface area contributed by atoms with Crippen molar-refractivity contribution in [3.63, 3.8) is 0 Å². The summed E-state index contributed by atoms with van der Waals surface area (Å²) in [6.45, 7) is 7.14. The van der Waals surface area contributed by atoms with E-state index in [9.17, 15) is 9.90 Å². The van der Waals surface area contributed by atoms with Gasteiger partial charge >= 0.3 is 0 Å². The molecule has 0 saturated carbocycles. The number of halogens is 1. The molecule has 5 nitrogen and oxygen atoms in total. The van der Waals surface area contributed by atoms with E-state index in [1.165, 1.54) is 11.3 Å². The van der Waals surface area contributed by atoms with E-state index in [0.717, 1.165) is 23.5 Å². The van der Waals surface area contributed by atoms with Crippen LogP contribution >= 0.6 is 22.9 Å². The molecule has 0 spiro atoms. The first-order valence-electron chi connectivity index (χ1n) is 8.00. The number of carbonyl (C=O) groups is 1. The van der Waals surface area contributed by atoms with Gasteiger partial charge in [-0.1, -0.05) is 11.6 Å². The van der Waals surface area contributed by atoms with Crippen LogP contribution in [0.25, 0.3) is 10.4 Å². The number of β-amino-alcohol motifs (C(OH)–C–C–N with tert-alkyl or cyclic N) is 1. The highest BCUT2D eigenvalue weighted by molar-refractivity contribution is 7.19. The van der Waals surface area contributed by atoms with Crippen molar-refractivity contribution in [1.82, 2.24) is 14.8 Å². The van der Waals surface area contributed by atoms with E-state index in [-0.39, 0.29) is 5.91 Å². The van der Waals surface area contributed by atoms with Gasteiger partial charge in [0.05, 0.1) is 15.5 Å². The highest BCUT2D eigenvalue weighted by Gasteiger charge is 2.27. The van der Waals surface area contributed by atoms with Gasteiger partial charge in [0.1, 0.15) is 0 Å². The predicted molar refractivity (Wildman–Crippen MR) is 97.8 cm³/mol. The molecule has 7 heteroatoms. The molecule has 2 aromatic heterocycles. The van der Waals surface area contributed by atoms with E-state index in [4.69, 9.17) is 11.6 Å². The van der Waals surface area contributed by atoms with Crippen molar-refractivity contribution in [2.24, 2.45) is 0 Å². The number of nitrogens with zero attached hydrogens (tertiary/aromatic N) is 2. The van der Waals surface area contributed by atoms with E-state index in [1.54, 1.807) is 6.20 Å². The lowest BCUT2D eigenvalue weighted by molar-refractivity contribution is 0.0179. The van der Waals surface area contributed by atoms with Gasteiger partial charge in [-0.3, -0.25) is 9.69 Å². The maximum absolute atomic E-state index is 12.9. The summed E-state index contributed by atoms with van der Waals surface area (Å²) in [4.78, 5) is 21.0. The maximum atomic E-state index is 12.9. The third-order valence-electron chi connectivity index (χ3n) is 4.08. The van der Waals surface area contributed by atoms with Gasteiger partial charge in [0.25, 0.3) is 5.91 Å². The Balaban J connectivity index is 1.68. The minimum Gasteiger partial charge on any atom is -0.389 e. The summed E-state index contributed by atoms with van der Waals surface area (Å²) in [6, 6.07) is 3.78. The molecule has 2 N–H and O–H groups in total. The van der Waals surface area contributed by atoms with Crippen molar-refractivity contribution in [3.05, 3.63) is 34.4 Å². The lowest BCUT2D eigenvalue weighted by atomic mass is 10.1. The Morgan fingerprint density at radius 3 is 2.58 bits per heavy atom. The zero-order valence-corrected chi connectivity index (χ0v) is 15.5. The van der Waals surface area contributed by atoms with Gasteiger partial charge in [0, 0.05) is 55.6 Å². The van der Waals surface area contributed by atoms with Gasteiger partial charge < -0.3 is 15.0 Å². The second-order valence-corrected chi connectivity index (χ2v) is 8.48. The van der Waals surface area contributed by atoms with Crippen LogP contribution in [-0.4, -0.2) is 64.1 Å². The molecule has 130 valence electrons. The summed E-state index contributed by atoms with van der Waals surface area (Å²) >= 11 is 7.48. The van der Waals surface area contributed by atoms with Gasteiger partial charge in [-0.2, -0.15) is 0 Å². The average molecular weight is 368 g/mol. The Morgan fingerprint density at radius 1 is 1.29 bits per heavy atom. The predicted octanol–water partition coefficient (Wildman–Crippen LogP) is 2.93. The van der Waals surface area contributed by atoms with Crippen molar-refractivity contribution in [2.75, 3.05) is 32.7 Å². The fraction of sp³-hybridized carbons (Fsp3) is 0.471. The number of nitrogens with one attached hydrogen (secondary N) is 1. The molecule has 1 saturated heterocycles. The van der Waals surface area contributed by atoms with Crippen molar-refractivity contribution in [1.29, 1.82) is 0 Å². The summed E-state index contributed by atoms with van der Waals surface area (Å²) in [7, 11) is 0. The number of hydrogen-bond donors (Lipinski definition) is 2. The lowest BCUT2D eigenvalue weighted by Crippen LogP contribution is -2.52. The molecule has 0 aliphatic carbocycles. The van der Waals surface area contributed by atoms with Gasteiger partial charge in [0.15, 0.2) is 0 Å². The molecule has 24 heavy (non-hydrogen) atoms. The van der Waals surface area contributed by atoms with Gasteiger partial charge in [-0.15, -0.1) is 11.3 Å². The number of piperazine rings is 1. The van der Waals surface area contributed by atoms with Gasteiger partial charge in [0.2, 0.25) is 0 Å². The fourth-order valence-electron chi connectivity index (χ4n) is 3.03. The quantitative estimate of drug-likeness (QED) is 0.873. The molecule has 1 amide bonds. The van der Waals surface area contributed by atoms with Crippen molar-refractivity contribution in [2.45, 2.75) is 19.4 Å². The molecule has 0 atom stereocenters. The normalized spacial score (nSPS) is 16.6. The first-order chi connectivity index (χ1) is 11.3. The van der Waals surface area contributed by atoms with Gasteiger partial charge in [-0.25, -0.2) is 0 Å². The van der Waals surface area contributed by atoms with E-state index in [2.05, 4.69) is 9.88 Å². The molecule has 3 heterocycles. The third kappa shape index (κ3) is 4.00. The lowest BCUT2D eigenvalue weighted by Gasteiger charge is -2.37. The Morgan fingerprint density at radius 2 is 2.00 bits per heavy atom. The average Bonchev–Trinajstić information content (AvgIpc) is 3.14. The summed E-state index contributed by atoms with van der Waals surface area (Å²) in [5.74, 6) is 0.0404. The highest BCUT2D eigenvalue weighted by Crippen LogP contribution is 2.33. The van der Waals surface area contributed by atoms with E-state index < -0.39 is 5.60 Å². The number of amides is 1. The van der Waals surface area contributed by atoms with Crippen LogP contribution in [0, 0.1) is 0 Å². The number of H-pyrrole nitrogens is 1.